The van der Waals surface area contributed by atoms with Crippen molar-refractivity contribution in [2.45, 2.75) is 20.8 Å². The summed E-state index contributed by atoms with van der Waals surface area (Å²) in [7, 11) is 1.99. The molecule has 0 atom stereocenters. The average molecular weight is 563 g/mol. The van der Waals surface area contributed by atoms with E-state index < -0.39 is 0 Å². The van der Waals surface area contributed by atoms with E-state index in [1.807, 2.05) is 7.05 Å². The fourth-order valence-electron chi connectivity index (χ4n) is 5.36. The fourth-order valence-corrected chi connectivity index (χ4v) is 5.36. The summed E-state index contributed by atoms with van der Waals surface area (Å²) in [5.74, 6) is -0.230. The maximum atomic E-state index is 13.4. The van der Waals surface area contributed by atoms with E-state index in [9.17, 15) is 4.39 Å². The minimum Gasteiger partial charge on any atom is -0.345 e. The minimum atomic E-state index is -0.230. The highest BCUT2D eigenvalue weighted by Gasteiger charge is 2.14. The highest BCUT2D eigenvalue weighted by molar-refractivity contribution is 5.80. The van der Waals surface area contributed by atoms with E-state index in [4.69, 9.17) is 0 Å². The van der Waals surface area contributed by atoms with Gasteiger partial charge in [-0.15, -0.1) is 0 Å². The second-order valence-corrected chi connectivity index (χ2v) is 11.1. The number of anilines is 5. The van der Waals surface area contributed by atoms with Crippen molar-refractivity contribution in [3.8, 4) is 22.3 Å². The zero-order valence-corrected chi connectivity index (χ0v) is 25.1. The first-order chi connectivity index (χ1) is 20.9. The Bertz CT molecular complexity index is 1820. The first-order valence-electron chi connectivity index (χ1n) is 14.6. The van der Waals surface area contributed by atoms with Crippen LogP contribution in [0.5, 0.6) is 0 Å². The molecule has 212 valence electrons. The third kappa shape index (κ3) is 6.07. The van der Waals surface area contributed by atoms with Crippen molar-refractivity contribution < 1.29 is 4.39 Å². The van der Waals surface area contributed by atoms with Gasteiger partial charge in [0.25, 0.3) is 0 Å². The van der Waals surface area contributed by atoms with E-state index in [0.29, 0.717) is 0 Å². The van der Waals surface area contributed by atoms with Gasteiger partial charge in [-0.1, -0.05) is 72.3 Å². The van der Waals surface area contributed by atoms with E-state index in [-0.39, 0.29) is 5.82 Å². The second kappa shape index (κ2) is 12.0. The molecule has 0 fully saturated rings. The molecule has 0 saturated carbocycles. The van der Waals surface area contributed by atoms with Gasteiger partial charge in [0.2, 0.25) is 0 Å². The smallest absolute Gasteiger partial charge is 0.123 e. The number of benzene rings is 6. The Morgan fingerprint density at radius 1 is 0.395 bits per heavy atom. The largest absolute Gasteiger partial charge is 0.345 e. The van der Waals surface area contributed by atoms with Crippen LogP contribution in [-0.2, 0) is 0 Å². The van der Waals surface area contributed by atoms with E-state index in [0.717, 1.165) is 39.6 Å². The average Bonchev–Trinajstić information content (AvgIpc) is 3.04. The molecule has 0 N–H and O–H groups in total. The van der Waals surface area contributed by atoms with Crippen molar-refractivity contribution in [2.75, 3.05) is 16.8 Å². The molecule has 0 heterocycles. The molecule has 0 aromatic heterocycles. The summed E-state index contributed by atoms with van der Waals surface area (Å²) in [4.78, 5) is 4.37. The van der Waals surface area contributed by atoms with Gasteiger partial charge in [0.15, 0.2) is 0 Å². The van der Waals surface area contributed by atoms with Crippen LogP contribution in [0, 0.1) is 26.6 Å². The van der Waals surface area contributed by atoms with Gasteiger partial charge in [-0.2, -0.15) is 0 Å². The van der Waals surface area contributed by atoms with Crippen LogP contribution in [0.15, 0.2) is 140 Å². The molecule has 43 heavy (non-hydrogen) atoms. The Balaban J connectivity index is 1.29. The molecule has 0 amide bonds. The van der Waals surface area contributed by atoms with Crippen LogP contribution in [0.1, 0.15) is 16.7 Å². The van der Waals surface area contributed by atoms with Gasteiger partial charge in [-0.05, 0) is 127 Å². The molecule has 6 rings (SSSR count). The molecule has 2 nitrogen and oxygen atoms in total. The number of rotatable bonds is 7. The predicted molar refractivity (Wildman–Crippen MR) is 181 cm³/mol. The summed E-state index contributed by atoms with van der Waals surface area (Å²) in [6.45, 7) is 6.43. The molecular weight excluding hydrogens is 527 g/mol. The number of halogens is 1. The van der Waals surface area contributed by atoms with Crippen molar-refractivity contribution in [2.24, 2.45) is 0 Å². The second-order valence-electron chi connectivity index (χ2n) is 11.1. The fraction of sp³-hybridized carbons (Fsp3) is 0.100. The van der Waals surface area contributed by atoms with Crippen molar-refractivity contribution >= 4 is 28.4 Å². The lowest BCUT2D eigenvalue weighted by atomic mass is 10.0. The zero-order chi connectivity index (χ0) is 29.9. The maximum absolute atomic E-state index is 13.4. The van der Waals surface area contributed by atoms with Crippen molar-refractivity contribution in [1.29, 1.82) is 0 Å². The zero-order valence-electron chi connectivity index (χ0n) is 25.1. The maximum Gasteiger partial charge on any atom is 0.123 e. The normalized spacial score (nSPS) is 10.9. The standard InChI is InChI=1S/C40H35FN2/c1-28-5-8-31(9-6-28)33-12-21-38(22-13-33)43(40-18-7-29(2)30(3)27-40)39-23-14-34(15-24-39)32-10-19-36(20-11-32)42(4)37-25-16-35(41)17-26-37/h5-27H,1-4H3. The quantitative estimate of drug-likeness (QED) is 0.191. The molecule has 0 aliphatic carbocycles. The van der Waals surface area contributed by atoms with E-state index >= 15 is 0 Å². The SMILES string of the molecule is Cc1ccc(-c2ccc(N(c3ccc(-c4ccc(N(C)c5ccc(F)cc5)cc4)cc3)c3ccc(C)c(C)c3)cc2)cc1. The van der Waals surface area contributed by atoms with E-state index in [1.165, 1.54) is 39.9 Å². The summed E-state index contributed by atoms with van der Waals surface area (Å²) in [6, 6.07) is 47.9. The molecule has 0 spiro atoms. The van der Waals surface area contributed by atoms with Gasteiger partial charge in [0, 0.05) is 35.5 Å². The monoisotopic (exact) mass is 562 g/mol. The molecule has 0 aliphatic heterocycles. The third-order valence-electron chi connectivity index (χ3n) is 8.19. The van der Waals surface area contributed by atoms with Gasteiger partial charge in [-0.3, -0.25) is 0 Å². The van der Waals surface area contributed by atoms with Crippen LogP contribution in [0.25, 0.3) is 22.3 Å². The Kier molecular flexibility index (Phi) is 7.81. The van der Waals surface area contributed by atoms with E-state index in [1.54, 1.807) is 12.1 Å². The van der Waals surface area contributed by atoms with E-state index in [2.05, 4.69) is 146 Å². The van der Waals surface area contributed by atoms with Crippen LogP contribution >= 0.6 is 0 Å². The number of hydrogen-bond donors (Lipinski definition) is 0. The molecule has 0 aliphatic rings. The van der Waals surface area contributed by atoms with Crippen LogP contribution < -0.4 is 9.80 Å². The molecule has 6 aromatic carbocycles. The molecule has 0 radical (unpaired) electrons. The van der Waals surface area contributed by atoms with Gasteiger partial charge in [-0.25, -0.2) is 4.39 Å². The molecule has 6 aromatic rings. The van der Waals surface area contributed by atoms with Gasteiger partial charge >= 0.3 is 0 Å². The third-order valence-corrected chi connectivity index (χ3v) is 8.19. The summed E-state index contributed by atoms with van der Waals surface area (Å²) >= 11 is 0. The lowest BCUT2D eigenvalue weighted by Crippen LogP contribution is -2.10. The Labute approximate surface area is 254 Å². The molecule has 0 unspecified atom stereocenters. The van der Waals surface area contributed by atoms with Crippen molar-refractivity contribution in [3.05, 3.63) is 162 Å². The lowest BCUT2D eigenvalue weighted by molar-refractivity contribution is 0.628. The van der Waals surface area contributed by atoms with Crippen LogP contribution in [-0.4, -0.2) is 7.05 Å². The number of hydrogen-bond acceptors (Lipinski definition) is 2. The summed E-state index contributed by atoms with van der Waals surface area (Å²) < 4.78 is 13.4. The van der Waals surface area contributed by atoms with Gasteiger partial charge in [0.05, 0.1) is 0 Å². The highest BCUT2D eigenvalue weighted by atomic mass is 19.1. The highest BCUT2D eigenvalue weighted by Crippen LogP contribution is 2.37. The molecule has 0 bridgehead atoms. The Morgan fingerprint density at radius 2 is 0.767 bits per heavy atom. The van der Waals surface area contributed by atoms with Crippen molar-refractivity contribution in [3.63, 3.8) is 0 Å². The minimum absolute atomic E-state index is 0.230. The molecular formula is C40H35FN2. The van der Waals surface area contributed by atoms with Crippen molar-refractivity contribution in [1.82, 2.24) is 0 Å². The summed E-state index contributed by atoms with van der Waals surface area (Å²) in [5, 5.41) is 0. The van der Waals surface area contributed by atoms with Crippen LogP contribution in [0.3, 0.4) is 0 Å². The Morgan fingerprint density at radius 3 is 1.21 bits per heavy atom. The first-order valence-corrected chi connectivity index (χ1v) is 14.6. The first kappa shape index (κ1) is 28.0. The van der Waals surface area contributed by atoms with Crippen LogP contribution in [0.4, 0.5) is 32.8 Å². The lowest BCUT2D eigenvalue weighted by Gasteiger charge is -2.26. The summed E-state index contributed by atoms with van der Waals surface area (Å²) in [6.07, 6.45) is 0. The van der Waals surface area contributed by atoms with Gasteiger partial charge in [0.1, 0.15) is 5.82 Å². The van der Waals surface area contributed by atoms with Gasteiger partial charge < -0.3 is 9.80 Å². The number of nitrogens with zero attached hydrogens (tertiary/aromatic N) is 2. The number of aryl methyl sites for hydroxylation is 3. The topological polar surface area (TPSA) is 6.48 Å². The predicted octanol–water partition coefficient (Wildman–Crippen LogP) is 11.3. The van der Waals surface area contributed by atoms with Crippen LogP contribution in [0.2, 0.25) is 0 Å². The molecule has 3 heteroatoms. The molecule has 0 saturated heterocycles. The summed E-state index contributed by atoms with van der Waals surface area (Å²) in [5.41, 5.74) is 13.8. The Hall–Kier alpha value is -5.15.